The molecule has 1 aromatic carbocycles. The number of hydrogen-bond acceptors (Lipinski definition) is 7. The van der Waals surface area contributed by atoms with Crippen molar-refractivity contribution in [2.45, 2.75) is 48.9 Å². The second-order valence-electron chi connectivity index (χ2n) is 6.78. The standard InChI is InChI=1S/C18H28N2O6S/c1-14(2)26-11-3-10-19-15-4-6-16(7-5-15)27(23,24)18(17(21)20-22)8-12-25-13-9-18/h4-7,14,19,22H,3,8-13H2,1-2H3,(H,20,21). The molecular formula is C18H28N2O6S. The Morgan fingerprint density at radius 1 is 1.26 bits per heavy atom. The maximum Gasteiger partial charge on any atom is 0.265 e. The van der Waals surface area contributed by atoms with E-state index in [2.05, 4.69) is 5.32 Å². The average Bonchev–Trinajstić information content (AvgIpc) is 2.67. The molecule has 9 heteroatoms. The Morgan fingerprint density at radius 3 is 2.44 bits per heavy atom. The van der Waals surface area contributed by atoms with Crippen LogP contribution in [0.2, 0.25) is 0 Å². The summed E-state index contributed by atoms with van der Waals surface area (Å²) in [5.74, 6) is -0.918. The highest BCUT2D eigenvalue weighted by Crippen LogP contribution is 2.35. The van der Waals surface area contributed by atoms with Crippen LogP contribution in [0.3, 0.4) is 0 Å². The van der Waals surface area contributed by atoms with Crippen LogP contribution in [-0.4, -0.2) is 56.7 Å². The quantitative estimate of drug-likeness (QED) is 0.329. The van der Waals surface area contributed by atoms with Crippen molar-refractivity contribution < 1.29 is 27.9 Å². The van der Waals surface area contributed by atoms with E-state index in [-0.39, 0.29) is 37.1 Å². The van der Waals surface area contributed by atoms with Gasteiger partial charge < -0.3 is 14.8 Å². The van der Waals surface area contributed by atoms with E-state index in [1.54, 1.807) is 12.1 Å². The molecule has 0 aliphatic carbocycles. The molecule has 0 saturated carbocycles. The first-order valence-corrected chi connectivity index (χ1v) is 10.5. The summed E-state index contributed by atoms with van der Waals surface area (Å²) < 4.78 is 35.2. The topological polar surface area (TPSA) is 114 Å². The lowest BCUT2D eigenvalue weighted by Gasteiger charge is -2.34. The summed E-state index contributed by atoms with van der Waals surface area (Å²) in [4.78, 5) is 12.2. The molecule has 1 fully saturated rings. The first-order valence-electron chi connectivity index (χ1n) is 9.06. The van der Waals surface area contributed by atoms with Crippen molar-refractivity contribution in [3.05, 3.63) is 24.3 Å². The van der Waals surface area contributed by atoms with E-state index in [1.807, 2.05) is 13.8 Å². The van der Waals surface area contributed by atoms with Gasteiger partial charge in [-0.25, -0.2) is 13.9 Å². The molecule has 0 aromatic heterocycles. The molecule has 1 amide bonds. The van der Waals surface area contributed by atoms with Crippen molar-refractivity contribution >= 4 is 21.4 Å². The highest BCUT2D eigenvalue weighted by atomic mass is 32.2. The molecule has 1 saturated heterocycles. The summed E-state index contributed by atoms with van der Waals surface area (Å²) >= 11 is 0. The second kappa shape index (κ2) is 9.50. The van der Waals surface area contributed by atoms with Crippen molar-refractivity contribution in [2.75, 3.05) is 31.7 Å². The van der Waals surface area contributed by atoms with Gasteiger partial charge >= 0.3 is 0 Å². The van der Waals surface area contributed by atoms with Gasteiger partial charge in [-0.3, -0.25) is 10.0 Å². The van der Waals surface area contributed by atoms with E-state index >= 15 is 0 Å². The largest absolute Gasteiger partial charge is 0.385 e. The fourth-order valence-electron chi connectivity index (χ4n) is 3.02. The van der Waals surface area contributed by atoms with Gasteiger partial charge in [-0.2, -0.15) is 0 Å². The molecule has 0 radical (unpaired) electrons. The SMILES string of the molecule is CC(C)OCCCNc1ccc(S(=O)(=O)C2(C(=O)NO)CCOCC2)cc1. The lowest BCUT2D eigenvalue weighted by atomic mass is 9.98. The highest BCUT2D eigenvalue weighted by molar-refractivity contribution is 7.93. The third kappa shape index (κ3) is 4.98. The van der Waals surface area contributed by atoms with Gasteiger partial charge in [0.2, 0.25) is 0 Å². The molecule has 1 aromatic rings. The molecule has 1 aliphatic rings. The van der Waals surface area contributed by atoms with Crippen molar-refractivity contribution in [3.8, 4) is 0 Å². The van der Waals surface area contributed by atoms with Gasteiger partial charge in [0, 0.05) is 32.1 Å². The summed E-state index contributed by atoms with van der Waals surface area (Å²) in [6, 6.07) is 6.29. The van der Waals surface area contributed by atoms with E-state index in [9.17, 15) is 13.2 Å². The molecule has 0 bridgehead atoms. The Labute approximate surface area is 160 Å². The van der Waals surface area contributed by atoms with Gasteiger partial charge in [0.1, 0.15) is 0 Å². The molecule has 0 unspecified atom stereocenters. The zero-order valence-electron chi connectivity index (χ0n) is 15.7. The van der Waals surface area contributed by atoms with E-state index in [0.717, 1.165) is 12.1 Å². The van der Waals surface area contributed by atoms with Crippen LogP contribution in [0.5, 0.6) is 0 Å². The van der Waals surface area contributed by atoms with Crippen LogP contribution in [-0.2, 0) is 24.1 Å². The van der Waals surface area contributed by atoms with Crippen LogP contribution in [0.25, 0.3) is 0 Å². The summed E-state index contributed by atoms with van der Waals surface area (Å²) in [6.07, 6.45) is 1.02. The lowest BCUT2D eigenvalue weighted by molar-refractivity contribution is -0.134. The van der Waals surface area contributed by atoms with Gasteiger partial charge in [0.15, 0.2) is 14.6 Å². The van der Waals surface area contributed by atoms with Gasteiger partial charge in [-0.05, 0) is 57.4 Å². The van der Waals surface area contributed by atoms with E-state index < -0.39 is 20.5 Å². The van der Waals surface area contributed by atoms with Gasteiger partial charge in [-0.1, -0.05) is 0 Å². The molecule has 3 N–H and O–H groups in total. The monoisotopic (exact) mass is 400 g/mol. The summed E-state index contributed by atoms with van der Waals surface area (Å²) in [7, 11) is -3.99. The number of amides is 1. The number of anilines is 1. The Morgan fingerprint density at radius 2 is 1.89 bits per heavy atom. The molecule has 0 atom stereocenters. The second-order valence-corrected chi connectivity index (χ2v) is 9.04. The number of benzene rings is 1. The maximum atomic E-state index is 13.1. The van der Waals surface area contributed by atoms with Crippen LogP contribution < -0.4 is 10.8 Å². The van der Waals surface area contributed by atoms with E-state index in [0.29, 0.717) is 13.2 Å². The highest BCUT2D eigenvalue weighted by Gasteiger charge is 2.52. The molecule has 2 rings (SSSR count). The Kier molecular flexibility index (Phi) is 7.60. The van der Waals surface area contributed by atoms with Crippen LogP contribution in [0, 0.1) is 0 Å². The molecule has 27 heavy (non-hydrogen) atoms. The smallest absolute Gasteiger partial charge is 0.265 e. The van der Waals surface area contributed by atoms with Crippen molar-refractivity contribution in [3.63, 3.8) is 0 Å². The molecular weight excluding hydrogens is 372 g/mol. The van der Waals surface area contributed by atoms with Gasteiger partial charge in [-0.15, -0.1) is 0 Å². The zero-order chi connectivity index (χ0) is 19.9. The predicted molar refractivity (Wildman–Crippen MR) is 101 cm³/mol. The number of sulfone groups is 1. The first kappa shape index (κ1) is 21.6. The third-order valence-corrected chi connectivity index (χ3v) is 7.11. The molecule has 8 nitrogen and oxygen atoms in total. The Bertz CT molecular complexity index is 712. The van der Waals surface area contributed by atoms with Crippen molar-refractivity contribution in [1.29, 1.82) is 0 Å². The minimum Gasteiger partial charge on any atom is -0.385 e. The fraction of sp³-hybridized carbons (Fsp3) is 0.611. The molecule has 152 valence electrons. The van der Waals surface area contributed by atoms with Crippen LogP contribution in [0.15, 0.2) is 29.2 Å². The number of carbonyl (C=O) groups is 1. The normalized spacial score (nSPS) is 16.9. The fourth-order valence-corrected chi connectivity index (χ4v) is 4.96. The maximum absolute atomic E-state index is 13.1. The van der Waals surface area contributed by atoms with E-state index in [1.165, 1.54) is 17.6 Å². The number of ether oxygens (including phenoxy) is 2. The number of hydrogen-bond donors (Lipinski definition) is 3. The number of hydroxylamine groups is 1. The van der Waals surface area contributed by atoms with E-state index in [4.69, 9.17) is 14.7 Å². The minimum atomic E-state index is -3.99. The Hall–Kier alpha value is -1.68. The third-order valence-electron chi connectivity index (χ3n) is 4.60. The number of carbonyl (C=O) groups excluding carboxylic acids is 1. The zero-order valence-corrected chi connectivity index (χ0v) is 16.5. The van der Waals surface area contributed by atoms with Crippen LogP contribution >= 0.6 is 0 Å². The summed E-state index contributed by atoms with van der Waals surface area (Å²) in [6.45, 7) is 5.60. The van der Waals surface area contributed by atoms with Gasteiger partial charge in [0.25, 0.3) is 5.91 Å². The van der Waals surface area contributed by atoms with Gasteiger partial charge in [0.05, 0.1) is 11.0 Å². The van der Waals surface area contributed by atoms with Crippen LogP contribution in [0.4, 0.5) is 5.69 Å². The predicted octanol–water partition coefficient (Wildman–Crippen LogP) is 1.74. The first-order chi connectivity index (χ1) is 12.8. The number of rotatable bonds is 9. The minimum absolute atomic E-state index is 0.00240. The van der Waals surface area contributed by atoms with Crippen molar-refractivity contribution in [1.82, 2.24) is 5.48 Å². The summed E-state index contributed by atoms with van der Waals surface area (Å²) in [5.41, 5.74) is 2.30. The Balaban J connectivity index is 2.08. The molecule has 1 aliphatic heterocycles. The lowest BCUT2D eigenvalue weighted by Crippen LogP contribution is -2.54. The van der Waals surface area contributed by atoms with Crippen molar-refractivity contribution in [2.24, 2.45) is 0 Å². The molecule has 1 heterocycles. The number of nitrogens with one attached hydrogen (secondary N) is 2. The molecule has 0 spiro atoms. The van der Waals surface area contributed by atoms with Crippen LogP contribution in [0.1, 0.15) is 33.1 Å². The average molecular weight is 400 g/mol. The summed E-state index contributed by atoms with van der Waals surface area (Å²) in [5, 5.41) is 12.3.